The van der Waals surface area contributed by atoms with Crippen molar-refractivity contribution in [2.75, 3.05) is 12.8 Å². The van der Waals surface area contributed by atoms with Gasteiger partial charge in [0.25, 0.3) is 0 Å². The number of hydrogen-bond donors (Lipinski definition) is 1. The molecule has 106 valence electrons. The molecule has 0 aliphatic heterocycles. The molecule has 0 spiro atoms. The molecule has 1 aromatic carbocycles. The predicted molar refractivity (Wildman–Crippen MR) is 84.8 cm³/mol. The number of nitrogens with one attached hydrogen (secondary N) is 1. The first-order valence-corrected chi connectivity index (χ1v) is 9.13. The molecule has 0 radical (unpaired) electrons. The molecular formula is C15H22BrNOS. The molecule has 0 bridgehead atoms. The van der Waals surface area contributed by atoms with Crippen LogP contribution in [0, 0.1) is 5.92 Å². The third kappa shape index (κ3) is 4.40. The van der Waals surface area contributed by atoms with Gasteiger partial charge in [0.15, 0.2) is 0 Å². The third-order valence-electron chi connectivity index (χ3n) is 3.98. The van der Waals surface area contributed by atoms with E-state index < -0.39 is 10.8 Å². The third-order valence-corrected chi connectivity index (χ3v) is 5.91. The molecule has 2 atom stereocenters. The molecule has 0 heterocycles. The van der Waals surface area contributed by atoms with Gasteiger partial charge in [0.1, 0.15) is 0 Å². The first-order chi connectivity index (χ1) is 9.20. The zero-order valence-electron chi connectivity index (χ0n) is 11.4. The van der Waals surface area contributed by atoms with E-state index >= 15 is 0 Å². The molecule has 0 aromatic heterocycles. The van der Waals surface area contributed by atoms with Crippen LogP contribution in [0.2, 0.25) is 0 Å². The van der Waals surface area contributed by atoms with Crippen molar-refractivity contribution in [2.45, 2.75) is 43.0 Å². The van der Waals surface area contributed by atoms with Crippen LogP contribution in [0.3, 0.4) is 0 Å². The zero-order valence-corrected chi connectivity index (χ0v) is 13.8. The van der Waals surface area contributed by atoms with Gasteiger partial charge in [-0.05, 0) is 44.0 Å². The Hall–Kier alpha value is -0.190. The van der Waals surface area contributed by atoms with E-state index in [4.69, 9.17) is 0 Å². The standard InChI is InChI=1S/C15H22BrNOS/c1-17-15(12-6-3-2-4-7-12)11-19(18)14-9-5-8-13(16)10-14/h5,8-10,12,15,17H,2-4,6-7,11H2,1H3. The van der Waals surface area contributed by atoms with Crippen LogP contribution in [-0.4, -0.2) is 23.1 Å². The summed E-state index contributed by atoms with van der Waals surface area (Å²) in [6.07, 6.45) is 6.57. The minimum Gasteiger partial charge on any atom is -0.316 e. The van der Waals surface area contributed by atoms with Crippen molar-refractivity contribution in [1.82, 2.24) is 5.32 Å². The van der Waals surface area contributed by atoms with E-state index in [1.165, 1.54) is 32.1 Å². The van der Waals surface area contributed by atoms with Crippen LogP contribution in [0.25, 0.3) is 0 Å². The van der Waals surface area contributed by atoms with Crippen LogP contribution < -0.4 is 5.32 Å². The molecule has 1 saturated carbocycles. The lowest BCUT2D eigenvalue weighted by molar-refractivity contribution is 0.294. The Morgan fingerprint density at radius 2 is 2.11 bits per heavy atom. The molecule has 2 nitrogen and oxygen atoms in total. The first kappa shape index (κ1) is 15.2. The highest BCUT2D eigenvalue weighted by Crippen LogP contribution is 2.27. The second kappa shape index (κ2) is 7.55. The molecule has 0 amide bonds. The molecule has 4 heteroatoms. The van der Waals surface area contributed by atoms with Gasteiger partial charge in [-0.3, -0.25) is 4.21 Å². The van der Waals surface area contributed by atoms with Crippen LogP contribution in [0.15, 0.2) is 33.6 Å². The molecular weight excluding hydrogens is 322 g/mol. The Bertz CT molecular complexity index is 432. The van der Waals surface area contributed by atoms with Crippen molar-refractivity contribution in [3.05, 3.63) is 28.7 Å². The van der Waals surface area contributed by atoms with Crippen LogP contribution >= 0.6 is 15.9 Å². The van der Waals surface area contributed by atoms with Gasteiger partial charge in [-0.25, -0.2) is 0 Å². The summed E-state index contributed by atoms with van der Waals surface area (Å²) in [7, 11) is 1.08. The van der Waals surface area contributed by atoms with Crippen LogP contribution in [0.5, 0.6) is 0 Å². The van der Waals surface area contributed by atoms with Gasteiger partial charge < -0.3 is 5.32 Å². The normalized spacial score (nSPS) is 20.1. The summed E-state index contributed by atoms with van der Waals surface area (Å²) in [6.45, 7) is 0. The fraction of sp³-hybridized carbons (Fsp3) is 0.600. The van der Waals surface area contributed by atoms with E-state index in [1.54, 1.807) is 0 Å². The van der Waals surface area contributed by atoms with E-state index in [2.05, 4.69) is 21.2 Å². The molecule has 0 saturated heterocycles. The van der Waals surface area contributed by atoms with Gasteiger partial charge in [0, 0.05) is 21.2 Å². The minimum absolute atomic E-state index is 0.375. The fourth-order valence-corrected chi connectivity index (χ4v) is 4.86. The molecule has 1 N–H and O–H groups in total. The maximum atomic E-state index is 12.5. The van der Waals surface area contributed by atoms with Gasteiger partial charge in [-0.2, -0.15) is 0 Å². The van der Waals surface area contributed by atoms with Gasteiger partial charge in [-0.15, -0.1) is 0 Å². The quantitative estimate of drug-likeness (QED) is 0.882. The van der Waals surface area contributed by atoms with Crippen LogP contribution in [0.4, 0.5) is 0 Å². The summed E-state index contributed by atoms with van der Waals surface area (Å²) in [6, 6.07) is 8.21. The van der Waals surface area contributed by atoms with E-state index in [1.807, 2.05) is 31.3 Å². The highest BCUT2D eigenvalue weighted by molar-refractivity contribution is 9.10. The fourth-order valence-electron chi connectivity index (χ4n) is 2.86. The molecule has 1 aromatic rings. The highest BCUT2D eigenvalue weighted by atomic mass is 79.9. The van der Waals surface area contributed by atoms with Crippen molar-refractivity contribution < 1.29 is 4.21 Å². The van der Waals surface area contributed by atoms with Crippen LogP contribution in [-0.2, 0) is 10.8 Å². The van der Waals surface area contributed by atoms with Crippen molar-refractivity contribution in [1.29, 1.82) is 0 Å². The molecule has 1 aliphatic rings. The van der Waals surface area contributed by atoms with E-state index in [-0.39, 0.29) is 0 Å². The average molecular weight is 344 g/mol. The average Bonchev–Trinajstić information content (AvgIpc) is 2.45. The largest absolute Gasteiger partial charge is 0.316 e. The lowest BCUT2D eigenvalue weighted by atomic mass is 9.84. The Morgan fingerprint density at radius 3 is 2.74 bits per heavy atom. The second-order valence-corrected chi connectivity index (χ2v) is 7.67. The summed E-state index contributed by atoms with van der Waals surface area (Å²) in [5, 5.41) is 3.38. The van der Waals surface area contributed by atoms with E-state index in [0.29, 0.717) is 12.0 Å². The van der Waals surface area contributed by atoms with Gasteiger partial charge >= 0.3 is 0 Å². The van der Waals surface area contributed by atoms with Gasteiger partial charge in [0.05, 0.1) is 10.8 Å². The number of rotatable bonds is 5. The van der Waals surface area contributed by atoms with Crippen LogP contribution in [0.1, 0.15) is 32.1 Å². The summed E-state index contributed by atoms with van der Waals surface area (Å²) in [5.74, 6) is 1.41. The Labute approximate surface area is 127 Å². The highest BCUT2D eigenvalue weighted by Gasteiger charge is 2.24. The maximum absolute atomic E-state index is 12.5. The lowest BCUT2D eigenvalue weighted by Crippen LogP contribution is -2.39. The smallest absolute Gasteiger partial charge is 0.0545 e. The van der Waals surface area contributed by atoms with Gasteiger partial charge in [0.2, 0.25) is 0 Å². The zero-order chi connectivity index (χ0) is 13.7. The molecule has 2 rings (SSSR count). The molecule has 1 fully saturated rings. The second-order valence-electron chi connectivity index (χ2n) is 5.26. The SMILES string of the molecule is CNC(CS(=O)c1cccc(Br)c1)C1CCCCC1. The molecule has 2 unspecified atom stereocenters. The van der Waals surface area contributed by atoms with E-state index in [0.717, 1.165) is 15.1 Å². The maximum Gasteiger partial charge on any atom is 0.0545 e. The summed E-state index contributed by atoms with van der Waals surface area (Å²) >= 11 is 3.44. The van der Waals surface area contributed by atoms with Crippen molar-refractivity contribution in [3.63, 3.8) is 0 Å². The van der Waals surface area contributed by atoms with Crippen molar-refractivity contribution in [3.8, 4) is 0 Å². The van der Waals surface area contributed by atoms with E-state index in [9.17, 15) is 4.21 Å². The molecule has 19 heavy (non-hydrogen) atoms. The van der Waals surface area contributed by atoms with Crippen molar-refractivity contribution in [2.24, 2.45) is 5.92 Å². The number of halogens is 1. The first-order valence-electron chi connectivity index (χ1n) is 7.02. The lowest BCUT2D eigenvalue weighted by Gasteiger charge is -2.29. The predicted octanol–water partition coefficient (Wildman–Crippen LogP) is 3.73. The Morgan fingerprint density at radius 1 is 1.37 bits per heavy atom. The summed E-state index contributed by atoms with van der Waals surface area (Å²) < 4.78 is 13.5. The Kier molecular flexibility index (Phi) is 6.05. The molecule has 1 aliphatic carbocycles. The number of benzene rings is 1. The minimum atomic E-state index is -0.918. The van der Waals surface area contributed by atoms with Gasteiger partial charge in [-0.1, -0.05) is 41.3 Å². The number of hydrogen-bond acceptors (Lipinski definition) is 2. The topological polar surface area (TPSA) is 29.1 Å². The summed E-state index contributed by atoms with van der Waals surface area (Å²) in [4.78, 5) is 0.922. The monoisotopic (exact) mass is 343 g/mol. The summed E-state index contributed by atoms with van der Waals surface area (Å²) in [5.41, 5.74) is 0. The Balaban J connectivity index is 1.99. The van der Waals surface area contributed by atoms with Crippen molar-refractivity contribution >= 4 is 26.7 Å².